The molecule has 4 nitrogen and oxygen atoms in total. The second kappa shape index (κ2) is 5.39. The molecule has 1 aliphatic heterocycles. The number of nitrogens with one attached hydrogen (secondary N) is 1. The molecule has 1 heterocycles. The number of hydrogen-bond acceptors (Lipinski definition) is 3. The second-order valence-corrected chi connectivity index (χ2v) is 5.42. The molecule has 1 atom stereocenters. The number of nitrogens with two attached hydrogens (primary N) is 1. The Morgan fingerprint density at radius 2 is 1.95 bits per heavy atom. The summed E-state index contributed by atoms with van der Waals surface area (Å²) in [5, 5.41) is 3.28. The molecule has 1 aliphatic rings. The lowest BCUT2D eigenvalue weighted by atomic mass is 9.97. The summed E-state index contributed by atoms with van der Waals surface area (Å²) in [6.45, 7) is 0. The molecule has 2 aromatic rings. The van der Waals surface area contributed by atoms with Gasteiger partial charge in [-0.1, -0.05) is 29.8 Å². The van der Waals surface area contributed by atoms with Gasteiger partial charge in [-0.3, -0.25) is 4.79 Å². The van der Waals surface area contributed by atoms with Crippen LogP contribution in [0.2, 0.25) is 5.02 Å². The molecule has 0 saturated carbocycles. The summed E-state index contributed by atoms with van der Waals surface area (Å²) in [6, 6.07) is 11.0. The molecule has 0 saturated heterocycles. The first-order chi connectivity index (χ1) is 10.1. The summed E-state index contributed by atoms with van der Waals surface area (Å²) in [5.41, 5.74) is 9.75. The van der Waals surface area contributed by atoms with Gasteiger partial charge in [0.15, 0.2) is 0 Å². The number of carbonyl (C=O) groups excluding carboxylic acids is 1. The summed E-state index contributed by atoms with van der Waals surface area (Å²) < 4.78 is 5.14. The molecule has 0 spiro atoms. The third kappa shape index (κ3) is 2.60. The third-order valence-corrected chi connectivity index (χ3v) is 3.94. The first-order valence-electron chi connectivity index (χ1n) is 6.60. The highest BCUT2D eigenvalue weighted by atomic mass is 35.5. The number of ether oxygens (including phenoxy) is 1. The lowest BCUT2D eigenvalue weighted by Crippen LogP contribution is -2.12. The first-order valence-corrected chi connectivity index (χ1v) is 6.98. The number of fused-ring (bicyclic) bond motifs is 1. The van der Waals surface area contributed by atoms with Crippen molar-refractivity contribution < 1.29 is 9.53 Å². The second-order valence-electron chi connectivity index (χ2n) is 5.01. The van der Waals surface area contributed by atoms with Crippen LogP contribution in [0, 0.1) is 0 Å². The van der Waals surface area contributed by atoms with Crippen molar-refractivity contribution in [2.24, 2.45) is 5.73 Å². The van der Waals surface area contributed by atoms with Crippen molar-refractivity contribution in [3.8, 4) is 5.75 Å². The maximum absolute atomic E-state index is 11.5. The summed E-state index contributed by atoms with van der Waals surface area (Å²) in [6.07, 6.45) is 0.345. The first kappa shape index (κ1) is 13.9. The van der Waals surface area contributed by atoms with Gasteiger partial charge < -0.3 is 15.8 Å². The van der Waals surface area contributed by atoms with Crippen LogP contribution in [0.4, 0.5) is 5.69 Å². The fourth-order valence-corrected chi connectivity index (χ4v) is 2.80. The van der Waals surface area contributed by atoms with Gasteiger partial charge in [0.05, 0.1) is 30.3 Å². The van der Waals surface area contributed by atoms with Gasteiger partial charge in [-0.15, -0.1) is 0 Å². The van der Waals surface area contributed by atoms with Crippen LogP contribution in [0.5, 0.6) is 5.75 Å². The van der Waals surface area contributed by atoms with E-state index in [0.717, 1.165) is 22.4 Å². The van der Waals surface area contributed by atoms with Gasteiger partial charge in [0.25, 0.3) is 0 Å². The zero-order valence-corrected chi connectivity index (χ0v) is 12.3. The van der Waals surface area contributed by atoms with E-state index in [-0.39, 0.29) is 11.9 Å². The van der Waals surface area contributed by atoms with E-state index >= 15 is 0 Å². The van der Waals surface area contributed by atoms with Crippen molar-refractivity contribution in [1.29, 1.82) is 0 Å². The van der Waals surface area contributed by atoms with Crippen molar-refractivity contribution in [2.45, 2.75) is 12.5 Å². The number of carbonyl (C=O) groups is 1. The topological polar surface area (TPSA) is 64.3 Å². The van der Waals surface area contributed by atoms with Crippen molar-refractivity contribution in [3.05, 3.63) is 58.1 Å². The van der Waals surface area contributed by atoms with E-state index in [1.165, 1.54) is 0 Å². The highest BCUT2D eigenvalue weighted by molar-refractivity contribution is 6.34. The van der Waals surface area contributed by atoms with Crippen LogP contribution >= 0.6 is 11.6 Å². The molecule has 0 aliphatic carbocycles. The summed E-state index contributed by atoms with van der Waals surface area (Å²) in [4.78, 5) is 11.5. The molecule has 5 heteroatoms. The van der Waals surface area contributed by atoms with Gasteiger partial charge >= 0.3 is 0 Å². The van der Waals surface area contributed by atoms with Crippen LogP contribution < -0.4 is 15.8 Å². The molecule has 0 bridgehead atoms. The van der Waals surface area contributed by atoms with Gasteiger partial charge in [-0.2, -0.15) is 0 Å². The van der Waals surface area contributed by atoms with E-state index in [1.54, 1.807) is 13.2 Å². The fourth-order valence-electron chi connectivity index (χ4n) is 2.51. The number of rotatable bonds is 3. The molecular weight excluding hydrogens is 288 g/mol. The number of methoxy groups -OCH3 is 1. The van der Waals surface area contributed by atoms with Crippen LogP contribution in [-0.4, -0.2) is 13.0 Å². The average Bonchev–Trinajstić information content (AvgIpc) is 2.87. The molecule has 1 amide bonds. The molecule has 3 rings (SSSR count). The Kier molecular flexibility index (Phi) is 3.57. The number of amides is 1. The van der Waals surface area contributed by atoms with Crippen molar-refractivity contribution in [1.82, 2.24) is 0 Å². The Balaban J connectivity index is 1.94. The zero-order chi connectivity index (χ0) is 15.0. The van der Waals surface area contributed by atoms with E-state index in [2.05, 4.69) is 5.32 Å². The van der Waals surface area contributed by atoms with Crippen LogP contribution in [0.1, 0.15) is 22.7 Å². The van der Waals surface area contributed by atoms with Crippen molar-refractivity contribution in [3.63, 3.8) is 0 Å². The van der Waals surface area contributed by atoms with E-state index in [9.17, 15) is 4.79 Å². The van der Waals surface area contributed by atoms with Gasteiger partial charge in [0, 0.05) is 0 Å². The number of anilines is 1. The fraction of sp³-hybridized carbons (Fsp3) is 0.188. The van der Waals surface area contributed by atoms with Crippen LogP contribution in [0.3, 0.4) is 0 Å². The van der Waals surface area contributed by atoms with Crippen LogP contribution in [0.15, 0.2) is 36.4 Å². The Morgan fingerprint density at radius 3 is 2.62 bits per heavy atom. The van der Waals surface area contributed by atoms with E-state index < -0.39 is 0 Å². The lowest BCUT2D eigenvalue weighted by Gasteiger charge is -2.15. The maximum atomic E-state index is 11.5. The minimum absolute atomic E-state index is 0.0398. The number of benzene rings is 2. The van der Waals surface area contributed by atoms with E-state index in [4.69, 9.17) is 22.1 Å². The minimum Gasteiger partial charge on any atom is -0.497 e. The van der Waals surface area contributed by atoms with Crippen LogP contribution in [-0.2, 0) is 11.2 Å². The minimum atomic E-state index is -0.297. The smallest absolute Gasteiger partial charge is 0.228 e. The zero-order valence-electron chi connectivity index (χ0n) is 11.5. The molecular formula is C16H15ClN2O2. The molecule has 21 heavy (non-hydrogen) atoms. The molecule has 0 aromatic heterocycles. The third-order valence-electron chi connectivity index (χ3n) is 3.64. The quantitative estimate of drug-likeness (QED) is 0.916. The average molecular weight is 303 g/mol. The van der Waals surface area contributed by atoms with Gasteiger partial charge in [0.1, 0.15) is 5.75 Å². The van der Waals surface area contributed by atoms with Gasteiger partial charge in [0.2, 0.25) is 5.91 Å². The van der Waals surface area contributed by atoms with Crippen molar-refractivity contribution >= 4 is 23.2 Å². The number of hydrogen-bond donors (Lipinski definition) is 2. The monoisotopic (exact) mass is 302 g/mol. The Bertz CT molecular complexity index is 698. The highest BCUT2D eigenvalue weighted by Gasteiger charge is 2.22. The lowest BCUT2D eigenvalue weighted by molar-refractivity contribution is -0.115. The van der Waals surface area contributed by atoms with E-state index in [1.807, 2.05) is 30.3 Å². The Morgan fingerprint density at radius 1 is 1.24 bits per heavy atom. The molecule has 3 N–H and O–H groups in total. The molecule has 1 unspecified atom stereocenters. The molecule has 0 radical (unpaired) electrons. The summed E-state index contributed by atoms with van der Waals surface area (Å²) in [5.74, 6) is 0.745. The highest BCUT2D eigenvalue weighted by Crippen LogP contribution is 2.35. The Labute approximate surface area is 127 Å². The summed E-state index contributed by atoms with van der Waals surface area (Å²) >= 11 is 6.23. The SMILES string of the molecule is COc1ccc(C(N)c2cc(Cl)c3c(c2)CC(=O)N3)cc1. The molecule has 108 valence electrons. The predicted octanol–water partition coefficient (Wildman–Crippen LogP) is 2.89. The van der Waals surface area contributed by atoms with Crippen LogP contribution in [0.25, 0.3) is 0 Å². The van der Waals surface area contributed by atoms with E-state index in [0.29, 0.717) is 17.1 Å². The van der Waals surface area contributed by atoms with Gasteiger partial charge in [-0.25, -0.2) is 0 Å². The maximum Gasteiger partial charge on any atom is 0.228 e. The van der Waals surface area contributed by atoms with Crippen molar-refractivity contribution in [2.75, 3.05) is 12.4 Å². The Hall–Kier alpha value is -2.04. The summed E-state index contributed by atoms with van der Waals surface area (Å²) in [7, 11) is 1.62. The molecule has 0 fully saturated rings. The normalized spacial score (nSPS) is 14.5. The number of halogens is 1. The predicted molar refractivity (Wildman–Crippen MR) is 82.8 cm³/mol. The largest absolute Gasteiger partial charge is 0.497 e. The molecule has 2 aromatic carbocycles. The standard InChI is InChI=1S/C16H15ClN2O2/c1-21-12-4-2-9(3-5-12)15(18)10-6-11-8-14(20)19-16(11)13(17)7-10/h2-7,15H,8,18H2,1H3,(H,19,20). The van der Waals surface area contributed by atoms with Gasteiger partial charge in [-0.05, 0) is 34.9 Å².